The molecule has 3 aliphatic rings. The molecule has 2 N–H and O–H groups in total. The average molecular weight is 454 g/mol. The van der Waals surface area contributed by atoms with E-state index in [0.29, 0.717) is 5.75 Å². The van der Waals surface area contributed by atoms with Crippen molar-refractivity contribution in [2.45, 2.75) is 76.4 Å². The van der Waals surface area contributed by atoms with Crippen LogP contribution in [0.5, 0.6) is 5.75 Å². The molecule has 1 aromatic heterocycles. The third kappa shape index (κ3) is 4.22. The van der Waals surface area contributed by atoms with Gasteiger partial charge in [-0.25, -0.2) is 0 Å². The van der Waals surface area contributed by atoms with E-state index >= 15 is 0 Å². The predicted octanol–water partition coefficient (Wildman–Crippen LogP) is 3.81. The fourth-order valence-corrected chi connectivity index (χ4v) is 6.57. The number of rotatable bonds is 6. The molecule has 5 rings (SSSR count). The zero-order valence-electron chi connectivity index (χ0n) is 20.4. The molecule has 0 spiro atoms. The van der Waals surface area contributed by atoms with Gasteiger partial charge in [-0.15, -0.1) is 0 Å². The summed E-state index contributed by atoms with van der Waals surface area (Å²) in [5.41, 5.74) is 2.11. The number of hydrogen-bond donors (Lipinski definition) is 2. The number of benzene rings is 1. The Hall–Kier alpha value is -1.89. The minimum Gasteiger partial charge on any atom is -0.508 e. The van der Waals surface area contributed by atoms with Crippen LogP contribution in [0.1, 0.15) is 61.6 Å². The SMILES string of the molecule is Cc1cc(CCN2CCC3(c4cc(O)ccc4C)CCN(CC4CC4)C(C)C3(O)CC2)no1. The summed E-state index contributed by atoms with van der Waals surface area (Å²) < 4.78 is 5.25. The molecule has 3 unspecified atom stereocenters. The van der Waals surface area contributed by atoms with Gasteiger partial charge < -0.3 is 19.6 Å². The van der Waals surface area contributed by atoms with Crippen molar-refractivity contribution in [1.29, 1.82) is 0 Å². The van der Waals surface area contributed by atoms with E-state index in [1.807, 2.05) is 25.1 Å². The number of phenolic OH excluding ortho intramolecular Hbond substituents is 1. The first-order valence-electron chi connectivity index (χ1n) is 12.7. The van der Waals surface area contributed by atoms with E-state index in [-0.39, 0.29) is 11.5 Å². The second kappa shape index (κ2) is 8.71. The molecule has 6 nitrogen and oxygen atoms in total. The number of nitrogens with zero attached hydrogens (tertiary/aromatic N) is 3. The fraction of sp³-hybridized carbons (Fsp3) is 0.667. The standard InChI is InChI=1S/C27H39N3O3/c1-19-4-7-24(31)17-25(19)26-9-13-29(12-8-23-16-20(2)33-28-23)14-11-27(26,32)21(3)30(15-10-26)18-22-5-6-22/h4,7,16-17,21-22,31-32H,5-6,8-15,18H2,1-3H3. The van der Waals surface area contributed by atoms with Gasteiger partial charge in [-0.2, -0.15) is 0 Å². The molecule has 3 atom stereocenters. The van der Waals surface area contributed by atoms with Gasteiger partial charge in [-0.1, -0.05) is 11.2 Å². The highest BCUT2D eigenvalue weighted by molar-refractivity contribution is 5.43. The molecule has 1 saturated carbocycles. The molecule has 0 amide bonds. The molecule has 2 aliphatic heterocycles. The first-order chi connectivity index (χ1) is 15.8. The highest BCUT2D eigenvalue weighted by Gasteiger charge is 2.59. The van der Waals surface area contributed by atoms with Crippen LogP contribution in [0.2, 0.25) is 0 Å². The quantitative estimate of drug-likeness (QED) is 0.693. The summed E-state index contributed by atoms with van der Waals surface area (Å²) >= 11 is 0. The predicted molar refractivity (Wildman–Crippen MR) is 128 cm³/mol. The molecule has 3 heterocycles. The van der Waals surface area contributed by atoms with Crippen LogP contribution in [-0.2, 0) is 11.8 Å². The molecule has 3 fully saturated rings. The summed E-state index contributed by atoms with van der Waals surface area (Å²) in [6.07, 6.45) is 6.08. The fourth-order valence-electron chi connectivity index (χ4n) is 6.57. The minimum atomic E-state index is -0.835. The zero-order chi connectivity index (χ0) is 23.2. The van der Waals surface area contributed by atoms with Crippen molar-refractivity contribution in [2.75, 3.05) is 32.7 Å². The normalized spacial score (nSPS) is 31.3. The van der Waals surface area contributed by atoms with Crippen LogP contribution in [0.25, 0.3) is 0 Å². The Morgan fingerprint density at radius 1 is 1.09 bits per heavy atom. The van der Waals surface area contributed by atoms with E-state index in [9.17, 15) is 10.2 Å². The number of fused-ring (bicyclic) bond motifs is 1. The maximum absolute atomic E-state index is 12.6. The monoisotopic (exact) mass is 453 g/mol. The van der Waals surface area contributed by atoms with Crippen molar-refractivity contribution in [2.24, 2.45) is 5.92 Å². The lowest BCUT2D eigenvalue weighted by molar-refractivity contribution is -0.136. The molecular weight excluding hydrogens is 414 g/mol. The molecule has 2 saturated heterocycles. The number of piperidine rings is 1. The van der Waals surface area contributed by atoms with Gasteiger partial charge in [0.05, 0.1) is 11.3 Å². The van der Waals surface area contributed by atoms with Gasteiger partial charge in [-0.05, 0) is 95.1 Å². The maximum atomic E-state index is 12.6. The van der Waals surface area contributed by atoms with Crippen molar-refractivity contribution in [3.63, 3.8) is 0 Å². The van der Waals surface area contributed by atoms with Gasteiger partial charge in [0.25, 0.3) is 0 Å². The summed E-state index contributed by atoms with van der Waals surface area (Å²) in [4.78, 5) is 5.03. The van der Waals surface area contributed by atoms with Crippen LogP contribution in [-0.4, -0.2) is 69.5 Å². The number of phenols is 1. The third-order valence-corrected chi connectivity index (χ3v) is 8.84. The zero-order valence-corrected chi connectivity index (χ0v) is 20.4. The maximum Gasteiger partial charge on any atom is 0.133 e. The van der Waals surface area contributed by atoms with Crippen LogP contribution in [0.4, 0.5) is 0 Å². The van der Waals surface area contributed by atoms with E-state index in [2.05, 4.69) is 28.8 Å². The molecular formula is C27H39N3O3. The largest absolute Gasteiger partial charge is 0.508 e. The summed E-state index contributed by atoms with van der Waals surface area (Å²) in [6, 6.07) is 7.81. The van der Waals surface area contributed by atoms with E-state index in [1.54, 1.807) is 6.07 Å². The highest BCUT2D eigenvalue weighted by atomic mass is 16.5. The number of hydrogen-bond acceptors (Lipinski definition) is 6. The van der Waals surface area contributed by atoms with Gasteiger partial charge in [0.2, 0.25) is 0 Å². The first kappa shape index (κ1) is 22.9. The molecule has 0 radical (unpaired) electrons. The van der Waals surface area contributed by atoms with Crippen LogP contribution in [0.3, 0.4) is 0 Å². The second-order valence-corrected chi connectivity index (χ2v) is 10.9. The molecule has 1 aromatic carbocycles. The minimum absolute atomic E-state index is 0.0896. The Labute approximate surface area is 197 Å². The molecule has 33 heavy (non-hydrogen) atoms. The van der Waals surface area contributed by atoms with E-state index in [0.717, 1.165) is 81.3 Å². The summed E-state index contributed by atoms with van der Waals surface area (Å²) in [5, 5.41) is 27.2. The van der Waals surface area contributed by atoms with E-state index < -0.39 is 5.60 Å². The Balaban J connectivity index is 1.45. The van der Waals surface area contributed by atoms with E-state index in [1.165, 1.54) is 18.4 Å². The van der Waals surface area contributed by atoms with Crippen LogP contribution < -0.4 is 0 Å². The van der Waals surface area contributed by atoms with Crippen LogP contribution in [0, 0.1) is 19.8 Å². The van der Waals surface area contributed by atoms with Gasteiger partial charge in [0.15, 0.2) is 0 Å². The lowest BCUT2D eigenvalue weighted by Crippen LogP contribution is -2.68. The molecule has 0 bridgehead atoms. The van der Waals surface area contributed by atoms with Crippen LogP contribution >= 0.6 is 0 Å². The number of aromatic nitrogens is 1. The Morgan fingerprint density at radius 3 is 2.58 bits per heavy atom. The molecule has 1 aliphatic carbocycles. The van der Waals surface area contributed by atoms with E-state index in [4.69, 9.17) is 4.52 Å². The summed E-state index contributed by atoms with van der Waals surface area (Å²) in [6.45, 7) is 11.1. The number of aryl methyl sites for hydroxylation is 2. The Kier molecular flexibility index (Phi) is 6.04. The summed E-state index contributed by atoms with van der Waals surface area (Å²) in [5.74, 6) is 1.95. The lowest BCUT2D eigenvalue weighted by Gasteiger charge is -2.58. The number of aromatic hydroxyl groups is 1. The van der Waals surface area contributed by atoms with Crippen molar-refractivity contribution in [1.82, 2.24) is 15.0 Å². The van der Waals surface area contributed by atoms with Gasteiger partial charge in [-0.3, -0.25) is 4.90 Å². The number of likely N-dealkylation sites (tertiary alicyclic amines) is 2. The lowest BCUT2D eigenvalue weighted by atomic mass is 9.57. The highest BCUT2D eigenvalue weighted by Crippen LogP contribution is 2.53. The smallest absolute Gasteiger partial charge is 0.133 e. The second-order valence-electron chi connectivity index (χ2n) is 10.9. The summed E-state index contributed by atoms with van der Waals surface area (Å²) in [7, 11) is 0. The van der Waals surface area contributed by atoms with Gasteiger partial charge in [0, 0.05) is 43.6 Å². The topological polar surface area (TPSA) is 73.0 Å². The van der Waals surface area contributed by atoms with Crippen LogP contribution in [0.15, 0.2) is 28.8 Å². The van der Waals surface area contributed by atoms with Crippen molar-refractivity contribution in [3.8, 4) is 5.75 Å². The first-order valence-corrected chi connectivity index (χ1v) is 12.7. The van der Waals surface area contributed by atoms with Gasteiger partial charge in [0.1, 0.15) is 11.5 Å². The number of aliphatic hydroxyl groups is 1. The average Bonchev–Trinajstić information content (AvgIpc) is 3.54. The van der Waals surface area contributed by atoms with Crippen molar-refractivity contribution < 1.29 is 14.7 Å². The molecule has 2 aromatic rings. The Morgan fingerprint density at radius 2 is 1.85 bits per heavy atom. The molecule has 180 valence electrons. The van der Waals surface area contributed by atoms with Crippen molar-refractivity contribution >= 4 is 0 Å². The van der Waals surface area contributed by atoms with Gasteiger partial charge >= 0.3 is 0 Å². The third-order valence-electron chi connectivity index (χ3n) is 8.84. The van der Waals surface area contributed by atoms with Crippen molar-refractivity contribution in [3.05, 3.63) is 46.8 Å². The molecule has 6 heteroatoms. The Bertz CT molecular complexity index is 987.